The number of fused-ring (bicyclic) bond motifs is 1. The minimum atomic E-state index is -0.999. The van der Waals surface area contributed by atoms with E-state index in [2.05, 4.69) is 10.6 Å². The van der Waals surface area contributed by atoms with Gasteiger partial charge in [0.25, 0.3) is 5.91 Å². The molecule has 25 heavy (non-hydrogen) atoms. The molecule has 2 rings (SSSR count). The fourth-order valence-electron chi connectivity index (χ4n) is 2.37. The van der Waals surface area contributed by atoms with Crippen LogP contribution in [0.5, 0.6) is 11.5 Å². The fourth-order valence-corrected chi connectivity index (χ4v) is 2.37. The van der Waals surface area contributed by atoms with Crippen molar-refractivity contribution in [2.24, 2.45) is 5.92 Å². The molecule has 1 atom stereocenters. The summed E-state index contributed by atoms with van der Waals surface area (Å²) in [7, 11) is 0. The number of carboxylic acid groups (broad SMARTS) is 1. The van der Waals surface area contributed by atoms with Crippen molar-refractivity contribution in [3.8, 4) is 11.5 Å². The minimum absolute atomic E-state index is 0.0860. The van der Waals surface area contributed by atoms with Gasteiger partial charge in [-0.15, -0.1) is 0 Å². The van der Waals surface area contributed by atoms with Crippen molar-refractivity contribution in [3.05, 3.63) is 23.8 Å². The Hall–Kier alpha value is -2.77. The Labute approximate surface area is 145 Å². The number of hydrogen-bond donors (Lipinski definition) is 3. The third kappa shape index (κ3) is 4.62. The zero-order valence-electron chi connectivity index (χ0n) is 14.4. The highest BCUT2D eigenvalue weighted by molar-refractivity contribution is 5.97. The van der Waals surface area contributed by atoms with Gasteiger partial charge in [0, 0.05) is 5.56 Å². The average Bonchev–Trinajstić information content (AvgIpc) is 2.99. The topological polar surface area (TPSA) is 114 Å². The van der Waals surface area contributed by atoms with Gasteiger partial charge in [-0.05, 0) is 31.0 Å². The molecule has 1 unspecified atom stereocenters. The summed E-state index contributed by atoms with van der Waals surface area (Å²) in [5, 5.41) is 14.2. The van der Waals surface area contributed by atoms with Gasteiger partial charge in [-0.2, -0.15) is 0 Å². The number of ether oxygens (including phenoxy) is 2. The van der Waals surface area contributed by atoms with Crippen LogP contribution in [0, 0.1) is 5.92 Å². The molecule has 0 aliphatic carbocycles. The van der Waals surface area contributed by atoms with E-state index in [0.717, 1.165) is 0 Å². The molecule has 0 fully saturated rings. The molecular weight excluding hydrogens is 328 g/mol. The van der Waals surface area contributed by atoms with Crippen molar-refractivity contribution in [3.63, 3.8) is 0 Å². The van der Waals surface area contributed by atoms with Gasteiger partial charge in [0.1, 0.15) is 0 Å². The number of carbonyl (C=O) groups excluding carboxylic acids is 2. The smallest absolute Gasteiger partial charge is 0.305 e. The Morgan fingerprint density at radius 1 is 1.24 bits per heavy atom. The van der Waals surface area contributed by atoms with Crippen LogP contribution in [-0.2, 0) is 9.59 Å². The van der Waals surface area contributed by atoms with Gasteiger partial charge in [-0.25, -0.2) is 0 Å². The number of rotatable bonds is 7. The first-order valence-corrected chi connectivity index (χ1v) is 7.92. The van der Waals surface area contributed by atoms with Gasteiger partial charge in [0.05, 0.1) is 18.5 Å². The molecule has 8 heteroatoms. The number of aliphatic carboxylic acids is 1. The van der Waals surface area contributed by atoms with Crippen molar-refractivity contribution >= 4 is 17.8 Å². The largest absolute Gasteiger partial charge is 0.481 e. The molecule has 0 bridgehead atoms. The van der Waals surface area contributed by atoms with E-state index in [-0.39, 0.29) is 25.7 Å². The summed E-state index contributed by atoms with van der Waals surface area (Å²) in [4.78, 5) is 35.3. The Balaban J connectivity index is 1.92. The molecule has 1 aliphatic rings. The molecule has 8 nitrogen and oxygen atoms in total. The predicted molar refractivity (Wildman–Crippen MR) is 88.5 cm³/mol. The van der Waals surface area contributed by atoms with E-state index in [9.17, 15) is 14.4 Å². The van der Waals surface area contributed by atoms with Gasteiger partial charge in [0.2, 0.25) is 12.7 Å². The van der Waals surface area contributed by atoms with E-state index in [1.165, 1.54) is 6.07 Å². The first-order valence-electron chi connectivity index (χ1n) is 7.92. The van der Waals surface area contributed by atoms with Crippen molar-refractivity contribution in [1.29, 1.82) is 0 Å². The zero-order valence-corrected chi connectivity index (χ0v) is 14.4. The van der Waals surface area contributed by atoms with Gasteiger partial charge in [0.15, 0.2) is 11.5 Å². The number of amides is 2. The normalized spacial score (nSPS) is 14.7. The highest BCUT2D eigenvalue weighted by atomic mass is 16.7. The SMILES string of the molecule is CC(C)C(C)(CC(=O)O)NC(=O)CNC(=O)c1ccc2c(c1)OCO2. The van der Waals surface area contributed by atoms with Crippen LogP contribution in [0.1, 0.15) is 37.6 Å². The number of nitrogens with one attached hydrogen (secondary N) is 2. The molecule has 0 saturated heterocycles. The highest BCUT2D eigenvalue weighted by Crippen LogP contribution is 2.32. The molecule has 0 aromatic heterocycles. The predicted octanol–water partition coefficient (Wildman–Crippen LogP) is 1.15. The molecule has 136 valence electrons. The number of benzene rings is 1. The van der Waals surface area contributed by atoms with Crippen LogP contribution in [0.15, 0.2) is 18.2 Å². The summed E-state index contributed by atoms with van der Waals surface area (Å²) in [6.45, 7) is 5.18. The van der Waals surface area contributed by atoms with Gasteiger partial charge in [-0.3, -0.25) is 14.4 Å². The van der Waals surface area contributed by atoms with Gasteiger partial charge < -0.3 is 25.2 Å². The van der Waals surface area contributed by atoms with E-state index >= 15 is 0 Å². The van der Waals surface area contributed by atoms with Crippen LogP contribution in [0.4, 0.5) is 0 Å². The summed E-state index contributed by atoms with van der Waals surface area (Å²) >= 11 is 0. The lowest BCUT2D eigenvalue weighted by molar-refractivity contribution is -0.139. The monoisotopic (exact) mass is 350 g/mol. The van der Waals surface area contributed by atoms with Crippen molar-refractivity contribution < 1.29 is 29.0 Å². The van der Waals surface area contributed by atoms with E-state index in [0.29, 0.717) is 17.1 Å². The molecule has 1 heterocycles. The molecule has 0 saturated carbocycles. The van der Waals surface area contributed by atoms with Crippen LogP contribution in [-0.4, -0.2) is 41.8 Å². The summed E-state index contributed by atoms with van der Waals surface area (Å²) in [5.74, 6) is -0.927. The van der Waals surface area contributed by atoms with E-state index < -0.39 is 23.3 Å². The van der Waals surface area contributed by atoms with Crippen molar-refractivity contribution in [1.82, 2.24) is 10.6 Å². The van der Waals surface area contributed by atoms with Gasteiger partial charge in [-0.1, -0.05) is 13.8 Å². The Kier molecular flexibility index (Phi) is 5.51. The molecule has 2 amide bonds. The molecular formula is C17H22N2O6. The van der Waals surface area contributed by atoms with E-state index in [1.54, 1.807) is 19.1 Å². The number of hydrogen-bond acceptors (Lipinski definition) is 5. The van der Waals surface area contributed by atoms with E-state index in [1.807, 2.05) is 13.8 Å². The number of carbonyl (C=O) groups is 3. The maximum atomic E-state index is 12.1. The first kappa shape index (κ1) is 18.6. The maximum Gasteiger partial charge on any atom is 0.305 e. The zero-order chi connectivity index (χ0) is 18.6. The second-order valence-electron chi connectivity index (χ2n) is 6.44. The Morgan fingerprint density at radius 2 is 1.92 bits per heavy atom. The second-order valence-corrected chi connectivity index (χ2v) is 6.44. The summed E-state index contributed by atoms with van der Waals surface area (Å²) in [6.07, 6.45) is -0.202. The Morgan fingerprint density at radius 3 is 2.56 bits per heavy atom. The summed E-state index contributed by atoms with van der Waals surface area (Å²) < 4.78 is 10.4. The standard InChI is InChI=1S/C17H22N2O6/c1-10(2)17(3,7-15(21)22)19-14(20)8-18-16(23)11-4-5-12-13(6-11)25-9-24-12/h4-6,10H,7-9H2,1-3H3,(H,18,23)(H,19,20)(H,21,22). The maximum absolute atomic E-state index is 12.1. The van der Waals surface area contributed by atoms with Gasteiger partial charge >= 0.3 is 5.97 Å². The lowest BCUT2D eigenvalue weighted by atomic mass is 9.85. The quantitative estimate of drug-likeness (QED) is 0.680. The van der Waals surface area contributed by atoms with Crippen LogP contribution < -0.4 is 20.1 Å². The third-order valence-electron chi connectivity index (χ3n) is 4.26. The fraction of sp³-hybridized carbons (Fsp3) is 0.471. The Bertz CT molecular complexity index is 688. The van der Waals surface area contributed by atoms with Crippen molar-refractivity contribution in [2.45, 2.75) is 32.7 Å². The van der Waals surface area contributed by atoms with Crippen LogP contribution >= 0.6 is 0 Å². The van der Waals surface area contributed by atoms with Crippen LogP contribution in [0.3, 0.4) is 0 Å². The first-order chi connectivity index (χ1) is 11.7. The molecule has 1 aromatic carbocycles. The van der Waals surface area contributed by atoms with E-state index in [4.69, 9.17) is 14.6 Å². The highest BCUT2D eigenvalue weighted by Gasteiger charge is 2.32. The summed E-state index contributed by atoms with van der Waals surface area (Å²) in [5.41, 5.74) is -0.555. The minimum Gasteiger partial charge on any atom is -0.481 e. The average molecular weight is 350 g/mol. The summed E-state index contributed by atoms with van der Waals surface area (Å²) in [6, 6.07) is 4.74. The van der Waals surface area contributed by atoms with Crippen LogP contribution in [0.25, 0.3) is 0 Å². The lowest BCUT2D eigenvalue weighted by Crippen LogP contribution is -2.53. The molecule has 0 spiro atoms. The molecule has 1 aromatic rings. The van der Waals surface area contributed by atoms with Crippen LogP contribution in [0.2, 0.25) is 0 Å². The molecule has 0 radical (unpaired) electrons. The lowest BCUT2D eigenvalue weighted by Gasteiger charge is -2.33. The molecule has 3 N–H and O–H groups in total. The number of carboxylic acids is 1. The molecule has 1 aliphatic heterocycles. The van der Waals surface area contributed by atoms with Crippen molar-refractivity contribution in [2.75, 3.05) is 13.3 Å². The second kappa shape index (κ2) is 7.42. The third-order valence-corrected chi connectivity index (χ3v) is 4.26.